The van der Waals surface area contributed by atoms with E-state index in [0.29, 0.717) is 12.0 Å². The van der Waals surface area contributed by atoms with Crippen LogP contribution in [0.4, 0.5) is 5.82 Å². The molecule has 0 spiro atoms. The van der Waals surface area contributed by atoms with Crippen molar-refractivity contribution in [3.05, 3.63) is 94.1 Å². The van der Waals surface area contributed by atoms with Gasteiger partial charge in [-0.05, 0) is 74.1 Å². The molecular weight excluding hydrogens is 411 g/mol. The highest BCUT2D eigenvalue weighted by Crippen LogP contribution is 2.38. The predicted octanol–water partition coefficient (Wildman–Crippen LogP) is 7.29. The molecule has 2 atom stereocenters. The van der Waals surface area contributed by atoms with E-state index in [4.69, 9.17) is 28.2 Å². The summed E-state index contributed by atoms with van der Waals surface area (Å²) in [5.41, 5.74) is 2.64. The van der Waals surface area contributed by atoms with Crippen molar-refractivity contribution in [2.75, 3.05) is 13.1 Å². The fraction of sp³-hybridized carbons (Fsp3) is 0.346. The number of quaternary nitrogens is 1. The van der Waals surface area contributed by atoms with Crippen LogP contribution < -0.4 is 4.48 Å². The van der Waals surface area contributed by atoms with E-state index >= 15 is 0 Å². The van der Waals surface area contributed by atoms with Crippen molar-refractivity contribution in [3.8, 4) is 0 Å². The summed E-state index contributed by atoms with van der Waals surface area (Å²) in [5.74, 6) is 1.54. The number of hydrogen-bond acceptors (Lipinski definition) is 1. The minimum Gasteiger partial charge on any atom is -0.272 e. The number of halogens is 2. The molecule has 0 saturated carbocycles. The summed E-state index contributed by atoms with van der Waals surface area (Å²) < 4.78 is 0.946. The van der Waals surface area contributed by atoms with Gasteiger partial charge in [0.05, 0.1) is 19.1 Å². The molecule has 1 aliphatic heterocycles. The summed E-state index contributed by atoms with van der Waals surface area (Å²) in [6.45, 7) is 4.70. The molecule has 1 aliphatic rings. The number of nitrogens with zero attached hydrogens (tertiary/aromatic N) is 2. The highest BCUT2D eigenvalue weighted by atomic mass is 35.5. The SMILES string of the molecule is CC(C(Cc1ccc(Cl)cc1)c1ccc(Cl)cc1)[N+]1(c2ccccn2)CCCCC1. The van der Waals surface area contributed by atoms with Gasteiger partial charge in [-0.3, -0.25) is 4.48 Å². The summed E-state index contributed by atoms with van der Waals surface area (Å²) in [4.78, 5) is 4.84. The first-order valence-corrected chi connectivity index (χ1v) is 11.6. The van der Waals surface area contributed by atoms with Gasteiger partial charge in [-0.1, -0.05) is 53.5 Å². The molecule has 1 saturated heterocycles. The van der Waals surface area contributed by atoms with Gasteiger partial charge in [-0.15, -0.1) is 0 Å². The van der Waals surface area contributed by atoms with Crippen LogP contribution in [-0.4, -0.2) is 24.1 Å². The lowest BCUT2D eigenvalue weighted by Gasteiger charge is -2.47. The van der Waals surface area contributed by atoms with Crippen LogP contribution in [0.25, 0.3) is 0 Å². The van der Waals surface area contributed by atoms with Gasteiger partial charge in [0.15, 0.2) is 0 Å². The lowest BCUT2D eigenvalue weighted by atomic mass is 9.83. The van der Waals surface area contributed by atoms with Crippen molar-refractivity contribution in [1.29, 1.82) is 0 Å². The number of benzene rings is 2. The van der Waals surface area contributed by atoms with E-state index in [0.717, 1.165) is 34.0 Å². The zero-order valence-corrected chi connectivity index (χ0v) is 19.0. The van der Waals surface area contributed by atoms with E-state index in [9.17, 15) is 0 Å². The molecule has 0 aliphatic carbocycles. The lowest BCUT2D eigenvalue weighted by Crippen LogP contribution is -2.61. The quantitative estimate of drug-likeness (QED) is 0.367. The van der Waals surface area contributed by atoms with E-state index in [1.807, 2.05) is 36.5 Å². The smallest absolute Gasteiger partial charge is 0.227 e. The third-order valence-electron chi connectivity index (χ3n) is 6.75. The van der Waals surface area contributed by atoms with Crippen LogP contribution in [0, 0.1) is 0 Å². The minimum atomic E-state index is 0.351. The Balaban J connectivity index is 1.75. The predicted molar refractivity (Wildman–Crippen MR) is 128 cm³/mol. The van der Waals surface area contributed by atoms with Crippen molar-refractivity contribution in [2.24, 2.45) is 0 Å². The Morgan fingerprint density at radius 1 is 0.833 bits per heavy atom. The second-order valence-corrected chi connectivity index (χ2v) is 9.33. The van der Waals surface area contributed by atoms with Gasteiger partial charge in [-0.25, -0.2) is 4.98 Å². The molecule has 0 radical (unpaired) electrons. The van der Waals surface area contributed by atoms with E-state index in [1.165, 1.54) is 36.2 Å². The first-order chi connectivity index (χ1) is 14.6. The first kappa shape index (κ1) is 21.4. The third-order valence-corrected chi connectivity index (χ3v) is 7.25. The highest BCUT2D eigenvalue weighted by Gasteiger charge is 2.43. The molecule has 4 rings (SSSR count). The van der Waals surface area contributed by atoms with Crippen molar-refractivity contribution in [1.82, 2.24) is 9.47 Å². The van der Waals surface area contributed by atoms with Crippen LogP contribution in [0.15, 0.2) is 72.9 Å². The van der Waals surface area contributed by atoms with Crippen LogP contribution in [0.3, 0.4) is 0 Å². The maximum atomic E-state index is 6.22. The van der Waals surface area contributed by atoms with E-state index in [-0.39, 0.29) is 0 Å². The van der Waals surface area contributed by atoms with Crippen LogP contribution in [0.5, 0.6) is 0 Å². The normalized spacial score (nSPS) is 18.0. The second-order valence-electron chi connectivity index (χ2n) is 8.46. The van der Waals surface area contributed by atoms with Gasteiger partial charge >= 0.3 is 0 Å². The molecule has 1 fully saturated rings. The van der Waals surface area contributed by atoms with Crippen LogP contribution >= 0.6 is 23.2 Å². The molecule has 1 aromatic heterocycles. The molecule has 3 aromatic rings. The van der Waals surface area contributed by atoms with Crippen LogP contribution in [-0.2, 0) is 6.42 Å². The van der Waals surface area contributed by atoms with Gasteiger partial charge < -0.3 is 0 Å². The maximum absolute atomic E-state index is 6.22. The largest absolute Gasteiger partial charge is 0.272 e. The van der Waals surface area contributed by atoms with E-state index in [2.05, 4.69) is 43.3 Å². The zero-order valence-electron chi connectivity index (χ0n) is 17.5. The molecule has 2 unspecified atom stereocenters. The Labute approximate surface area is 190 Å². The molecule has 30 heavy (non-hydrogen) atoms. The first-order valence-electron chi connectivity index (χ1n) is 10.9. The zero-order chi connectivity index (χ0) is 21.0. The fourth-order valence-electron chi connectivity index (χ4n) is 5.03. The second kappa shape index (κ2) is 9.51. The van der Waals surface area contributed by atoms with Crippen molar-refractivity contribution < 1.29 is 0 Å². The van der Waals surface area contributed by atoms with Crippen molar-refractivity contribution in [3.63, 3.8) is 0 Å². The lowest BCUT2D eigenvalue weighted by molar-refractivity contribution is 0.150. The van der Waals surface area contributed by atoms with Gasteiger partial charge in [0.2, 0.25) is 5.82 Å². The number of aromatic nitrogens is 1. The van der Waals surface area contributed by atoms with Crippen molar-refractivity contribution in [2.45, 2.75) is 44.6 Å². The van der Waals surface area contributed by atoms with Crippen LogP contribution in [0.1, 0.15) is 43.2 Å². The third kappa shape index (κ3) is 4.56. The summed E-state index contributed by atoms with van der Waals surface area (Å²) >= 11 is 12.4. The highest BCUT2D eigenvalue weighted by molar-refractivity contribution is 6.30. The molecule has 0 bridgehead atoms. The molecule has 2 nitrogen and oxygen atoms in total. The molecule has 2 aromatic carbocycles. The molecule has 0 amide bonds. The Morgan fingerprint density at radius 2 is 1.47 bits per heavy atom. The summed E-state index contributed by atoms with van der Waals surface area (Å²) in [5, 5.41) is 1.56. The standard InChI is InChI=1S/C26H29Cl2N2/c1-20(30(17-5-2-6-18-30)26-7-3-4-16-29-26)25(22-10-14-24(28)15-11-22)19-21-8-12-23(27)13-9-21/h3-4,7-16,20,25H,2,5-6,17-19H2,1H3/q+1. The van der Waals surface area contributed by atoms with E-state index in [1.54, 1.807) is 0 Å². The monoisotopic (exact) mass is 439 g/mol. The van der Waals surface area contributed by atoms with Gasteiger partial charge in [-0.2, -0.15) is 0 Å². The Bertz CT molecular complexity index is 933. The number of rotatable bonds is 6. The number of likely N-dealkylation sites (tertiary alicyclic amines) is 1. The molecular formula is C26H29Cl2N2+. The number of piperidine rings is 1. The molecule has 0 N–H and O–H groups in total. The average molecular weight is 440 g/mol. The average Bonchev–Trinajstić information content (AvgIpc) is 2.80. The summed E-state index contributed by atoms with van der Waals surface area (Å²) in [6, 6.07) is 23.4. The minimum absolute atomic E-state index is 0.351. The Kier molecular flexibility index (Phi) is 6.77. The Morgan fingerprint density at radius 3 is 2.07 bits per heavy atom. The molecule has 156 valence electrons. The molecule has 4 heteroatoms. The maximum Gasteiger partial charge on any atom is 0.227 e. The van der Waals surface area contributed by atoms with Gasteiger partial charge in [0.25, 0.3) is 0 Å². The fourth-order valence-corrected chi connectivity index (χ4v) is 5.29. The number of hydrogen-bond donors (Lipinski definition) is 0. The Hall–Kier alpha value is -1.87. The van der Waals surface area contributed by atoms with Gasteiger partial charge in [0.1, 0.15) is 0 Å². The van der Waals surface area contributed by atoms with E-state index < -0.39 is 0 Å². The molecule has 2 heterocycles. The summed E-state index contributed by atoms with van der Waals surface area (Å²) in [7, 11) is 0. The van der Waals surface area contributed by atoms with Crippen LogP contribution in [0.2, 0.25) is 10.0 Å². The van der Waals surface area contributed by atoms with Gasteiger partial charge in [0, 0.05) is 28.2 Å². The van der Waals surface area contributed by atoms with Crippen molar-refractivity contribution >= 4 is 29.0 Å². The number of pyridine rings is 1. The topological polar surface area (TPSA) is 12.9 Å². The summed E-state index contributed by atoms with van der Waals surface area (Å²) in [6.07, 6.45) is 6.70.